The Morgan fingerprint density at radius 1 is 1.60 bits per heavy atom. The van der Waals surface area contributed by atoms with Crippen LogP contribution in [-0.2, 0) is 16.2 Å². The molecule has 1 aromatic rings. The van der Waals surface area contributed by atoms with E-state index in [0.29, 0.717) is 6.42 Å². The zero-order chi connectivity index (χ0) is 11.1. The van der Waals surface area contributed by atoms with Gasteiger partial charge in [-0.25, -0.2) is 4.79 Å². The van der Waals surface area contributed by atoms with Crippen molar-refractivity contribution in [2.24, 2.45) is 0 Å². The molecule has 0 aliphatic rings. The van der Waals surface area contributed by atoms with Gasteiger partial charge in [-0.1, -0.05) is 18.2 Å². The maximum atomic E-state index is 11.3. The van der Waals surface area contributed by atoms with Gasteiger partial charge in [0, 0.05) is 15.5 Å². The van der Waals surface area contributed by atoms with E-state index in [0.717, 1.165) is 16.5 Å². The highest BCUT2D eigenvalue weighted by Gasteiger charge is 1.95. The largest absolute Gasteiger partial charge is 0.372 e. The number of halogens is 1. The standard InChI is InChI=1S/C11H11FO2S/c1-15-10-6-2-4-9(8-10)5-3-7-11(13)14-12/h2-4,6-8H,5H2,1H3. The molecule has 0 radical (unpaired) electrons. The van der Waals surface area contributed by atoms with E-state index in [2.05, 4.69) is 4.94 Å². The van der Waals surface area contributed by atoms with Crippen LogP contribution in [0.4, 0.5) is 4.53 Å². The van der Waals surface area contributed by atoms with Gasteiger partial charge in [-0.3, -0.25) is 4.94 Å². The monoisotopic (exact) mass is 226 g/mol. The van der Waals surface area contributed by atoms with Crippen molar-refractivity contribution in [1.29, 1.82) is 0 Å². The number of benzene rings is 1. The molecule has 0 aliphatic carbocycles. The lowest BCUT2D eigenvalue weighted by molar-refractivity contribution is -0.176. The average molecular weight is 226 g/mol. The summed E-state index contributed by atoms with van der Waals surface area (Å²) in [4.78, 5) is 14.6. The molecule has 4 heteroatoms. The van der Waals surface area contributed by atoms with Gasteiger partial charge in [-0.15, -0.1) is 11.8 Å². The van der Waals surface area contributed by atoms with Crippen LogP contribution >= 0.6 is 11.8 Å². The number of carbonyl (C=O) groups excluding carboxylic acids is 1. The molecule has 1 rings (SSSR count). The molecular weight excluding hydrogens is 215 g/mol. The zero-order valence-electron chi connectivity index (χ0n) is 8.27. The van der Waals surface area contributed by atoms with Crippen molar-refractivity contribution in [2.75, 3.05) is 6.26 Å². The van der Waals surface area contributed by atoms with Crippen LogP contribution < -0.4 is 0 Å². The van der Waals surface area contributed by atoms with E-state index >= 15 is 0 Å². The van der Waals surface area contributed by atoms with Crippen LogP contribution in [0, 0.1) is 0 Å². The lowest BCUT2D eigenvalue weighted by atomic mass is 10.1. The quantitative estimate of drug-likeness (QED) is 0.583. The second kappa shape index (κ2) is 6.24. The van der Waals surface area contributed by atoms with Crippen molar-refractivity contribution in [1.82, 2.24) is 0 Å². The van der Waals surface area contributed by atoms with E-state index in [-0.39, 0.29) is 0 Å². The fourth-order valence-corrected chi connectivity index (χ4v) is 1.60. The summed E-state index contributed by atoms with van der Waals surface area (Å²) < 4.78 is 11.3. The molecule has 0 amide bonds. The van der Waals surface area contributed by atoms with Crippen molar-refractivity contribution in [3.63, 3.8) is 0 Å². The Bertz CT molecular complexity index is 363. The van der Waals surface area contributed by atoms with Gasteiger partial charge in [0.2, 0.25) is 0 Å². The molecule has 0 spiro atoms. The van der Waals surface area contributed by atoms with E-state index < -0.39 is 5.97 Å². The summed E-state index contributed by atoms with van der Waals surface area (Å²) in [6.07, 6.45) is 5.23. The molecule has 0 aromatic heterocycles. The normalized spacial score (nSPS) is 10.5. The Morgan fingerprint density at radius 3 is 3.07 bits per heavy atom. The van der Waals surface area contributed by atoms with E-state index in [1.807, 2.05) is 30.5 Å². The van der Waals surface area contributed by atoms with Gasteiger partial charge in [-0.05, 0) is 30.4 Å². The summed E-state index contributed by atoms with van der Waals surface area (Å²) in [7, 11) is 0. The second-order valence-electron chi connectivity index (χ2n) is 2.85. The van der Waals surface area contributed by atoms with Crippen molar-refractivity contribution in [3.8, 4) is 0 Å². The van der Waals surface area contributed by atoms with Gasteiger partial charge in [0.1, 0.15) is 0 Å². The van der Waals surface area contributed by atoms with Crippen molar-refractivity contribution in [3.05, 3.63) is 42.0 Å². The molecule has 80 valence electrons. The first kappa shape index (κ1) is 11.8. The van der Waals surface area contributed by atoms with Crippen LogP contribution in [-0.4, -0.2) is 12.2 Å². The Hall–Kier alpha value is -1.29. The fraction of sp³-hybridized carbons (Fsp3) is 0.182. The molecule has 0 unspecified atom stereocenters. The molecule has 0 bridgehead atoms. The molecule has 1 aromatic carbocycles. The number of rotatable bonds is 4. The maximum Gasteiger partial charge on any atom is 0.372 e. The average Bonchev–Trinajstić information content (AvgIpc) is 2.29. The fourth-order valence-electron chi connectivity index (χ4n) is 1.12. The maximum absolute atomic E-state index is 11.3. The third-order valence-corrected chi connectivity index (χ3v) is 2.54. The van der Waals surface area contributed by atoms with Gasteiger partial charge in [-0.2, -0.15) is 0 Å². The summed E-state index contributed by atoms with van der Waals surface area (Å²) >= 11 is 1.65. The van der Waals surface area contributed by atoms with Crippen molar-refractivity contribution >= 4 is 17.7 Å². The SMILES string of the molecule is CSc1cccc(CC=CC(=O)OF)c1. The topological polar surface area (TPSA) is 26.3 Å². The van der Waals surface area contributed by atoms with E-state index in [1.165, 1.54) is 0 Å². The van der Waals surface area contributed by atoms with Crippen LogP contribution in [0.25, 0.3) is 0 Å². The Balaban J connectivity index is 2.57. The molecule has 0 heterocycles. The molecule has 0 aliphatic heterocycles. The molecule has 0 saturated carbocycles. The van der Waals surface area contributed by atoms with Gasteiger partial charge < -0.3 is 0 Å². The third kappa shape index (κ3) is 4.16. The van der Waals surface area contributed by atoms with Gasteiger partial charge >= 0.3 is 5.97 Å². The minimum absolute atomic E-state index is 0.587. The Kier molecular flexibility index (Phi) is 4.90. The van der Waals surface area contributed by atoms with E-state index in [9.17, 15) is 9.32 Å². The summed E-state index contributed by atoms with van der Waals surface area (Å²) in [5, 5.41) is 0. The minimum Gasteiger partial charge on any atom is -0.250 e. The summed E-state index contributed by atoms with van der Waals surface area (Å²) in [6, 6.07) is 7.93. The number of thioether (sulfide) groups is 1. The molecule has 0 fully saturated rings. The highest BCUT2D eigenvalue weighted by molar-refractivity contribution is 7.98. The molecule has 0 N–H and O–H groups in total. The Labute approximate surface area is 92.0 Å². The number of carbonyl (C=O) groups is 1. The lowest BCUT2D eigenvalue weighted by Crippen LogP contribution is -1.91. The van der Waals surface area contributed by atoms with Crippen LogP contribution in [0.3, 0.4) is 0 Å². The molecule has 15 heavy (non-hydrogen) atoms. The number of allylic oxidation sites excluding steroid dienone is 1. The zero-order valence-corrected chi connectivity index (χ0v) is 9.09. The predicted octanol–water partition coefficient (Wildman–Crippen LogP) is 2.93. The molecule has 2 nitrogen and oxygen atoms in total. The first-order valence-corrected chi connectivity index (χ1v) is 5.60. The summed E-state index contributed by atoms with van der Waals surface area (Å²) in [5.74, 6) is -0.976. The van der Waals surface area contributed by atoms with Gasteiger partial charge in [0.15, 0.2) is 0 Å². The second-order valence-corrected chi connectivity index (χ2v) is 3.73. The minimum atomic E-state index is -0.976. The summed E-state index contributed by atoms with van der Waals surface area (Å²) in [5.41, 5.74) is 1.07. The van der Waals surface area contributed by atoms with Crippen LogP contribution in [0.1, 0.15) is 5.56 Å². The molecule has 0 saturated heterocycles. The van der Waals surface area contributed by atoms with Gasteiger partial charge in [0.25, 0.3) is 0 Å². The predicted molar refractivity (Wildman–Crippen MR) is 58.3 cm³/mol. The van der Waals surface area contributed by atoms with Crippen LogP contribution in [0.2, 0.25) is 0 Å². The molecular formula is C11H11FO2S. The third-order valence-electron chi connectivity index (χ3n) is 1.82. The smallest absolute Gasteiger partial charge is 0.250 e. The summed E-state index contributed by atoms with van der Waals surface area (Å²) in [6.45, 7) is 0. The highest BCUT2D eigenvalue weighted by Crippen LogP contribution is 2.16. The van der Waals surface area contributed by atoms with Gasteiger partial charge in [0.05, 0.1) is 0 Å². The van der Waals surface area contributed by atoms with Crippen molar-refractivity contribution < 1.29 is 14.3 Å². The van der Waals surface area contributed by atoms with E-state index in [1.54, 1.807) is 17.8 Å². The first-order valence-electron chi connectivity index (χ1n) is 4.38. The highest BCUT2D eigenvalue weighted by atomic mass is 32.2. The number of hydrogen-bond acceptors (Lipinski definition) is 3. The van der Waals surface area contributed by atoms with Crippen LogP contribution in [0.5, 0.6) is 0 Å². The lowest BCUT2D eigenvalue weighted by Gasteiger charge is -1.99. The van der Waals surface area contributed by atoms with Crippen LogP contribution in [0.15, 0.2) is 41.3 Å². The Morgan fingerprint density at radius 2 is 2.40 bits per heavy atom. The van der Waals surface area contributed by atoms with Crippen molar-refractivity contribution in [2.45, 2.75) is 11.3 Å². The first-order chi connectivity index (χ1) is 7.26. The molecule has 0 atom stereocenters. The number of hydrogen-bond donors (Lipinski definition) is 0. The van der Waals surface area contributed by atoms with E-state index in [4.69, 9.17) is 0 Å².